The van der Waals surface area contributed by atoms with E-state index in [1.54, 1.807) is 4.52 Å². The number of nitrogens with two attached hydrogens (primary N) is 2. The number of aliphatic imine (C=N–C) groups is 2. The number of aryl methyl sites for hydroxylation is 1. The molecule has 0 saturated heterocycles. The SMILES string of the molecule is Cc1csc2nc(=O)c(-c3ccccc3N3C(N)=NC(N)=NC34CCCCC4)nn12. The van der Waals surface area contributed by atoms with Crippen LogP contribution in [0.5, 0.6) is 0 Å². The number of fused-ring (bicyclic) bond motifs is 1. The molecule has 0 radical (unpaired) electrons. The second kappa shape index (κ2) is 6.91. The zero-order valence-electron chi connectivity index (χ0n) is 16.6. The van der Waals surface area contributed by atoms with Crippen LogP contribution >= 0.6 is 11.3 Å². The van der Waals surface area contributed by atoms with E-state index in [-0.39, 0.29) is 23.2 Å². The number of benzene rings is 1. The summed E-state index contributed by atoms with van der Waals surface area (Å²) in [6.07, 6.45) is 4.80. The molecule has 1 spiro atoms. The van der Waals surface area contributed by atoms with Gasteiger partial charge in [-0.25, -0.2) is 9.51 Å². The van der Waals surface area contributed by atoms with Gasteiger partial charge in [0, 0.05) is 10.9 Å². The zero-order valence-corrected chi connectivity index (χ0v) is 17.4. The molecule has 0 unspecified atom stereocenters. The second-order valence-corrected chi connectivity index (χ2v) is 8.51. The normalized spacial score (nSPS) is 18.5. The molecular weight excluding hydrogens is 400 g/mol. The summed E-state index contributed by atoms with van der Waals surface area (Å²) in [6, 6.07) is 7.56. The summed E-state index contributed by atoms with van der Waals surface area (Å²) in [6.45, 7) is 1.93. The van der Waals surface area contributed by atoms with Gasteiger partial charge >= 0.3 is 5.56 Å². The summed E-state index contributed by atoms with van der Waals surface area (Å²) >= 11 is 1.39. The van der Waals surface area contributed by atoms with E-state index in [1.807, 2.05) is 41.5 Å². The van der Waals surface area contributed by atoms with Crippen molar-refractivity contribution in [3.63, 3.8) is 0 Å². The summed E-state index contributed by atoms with van der Waals surface area (Å²) < 4.78 is 1.69. The molecule has 1 aliphatic heterocycles. The fourth-order valence-corrected chi connectivity index (χ4v) is 5.17. The van der Waals surface area contributed by atoms with Gasteiger partial charge in [0.25, 0.3) is 0 Å². The van der Waals surface area contributed by atoms with Crippen LogP contribution in [0.2, 0.25) is 0 Å². The zero-order chi connectivity index (χ0) is 20.9. The first-order valence-electron chi connectivity index (χ1n) is 9.93. The second-order valence-electron chi connectivity index (χ2n) is 7.67. The number of hydrogen-bond acceptors (Lipinski definition) is 9. The Morgan fingerprint density at radius 2 is 1.90 bits per heavy atom. The van der Waals surface area contributed by atoms with Crippen LogP contribution in [0, 0.1) is 6.92 Å². The van der Waals surface area contributed by atoms with Crippen LogP contribution in [0.15, 0.2) is 44.4 Å². The molecule has 0 atom stereocenters. The topological polar surface area (TPSA) is 127 Å². The molecular formula is C20H22N8OS. The van der Waals surface area contributed by atoms with Crippen molar-refractivity contribution in [2.24, 2.45) is 21.5 Å². The lowest BCUT2D eigenvalue weighted by Gasteiger charge is -2.46. The molecule has 3 aromatic rings. The van der Waals surface area contributed by atoms with Crippen LogP contribution in [0.3, 0.4) is 0 Å². The summed E-state index contributed by atoms with van der Waals surface area (Å²) in [7, 11) is 0. The maximum Gasteiger partial charge on any atom is 0.300 e. The predicted molar refractivity (Wildman–Crippen MR) is 119 cm³/mol. The van der Waals surface area contributed by atoms with Gasteiger partial charge in [0.15, 0.2) is 5.69 Å². The molecule has 9 nitrogen and oxygen atoms in total. The molecule has 0 bridgehead atoms. The van der Waals surface area contributed by atoms with Crippen LogP contribution in [0.1, 0.15) is 37.8 Å². The minimum atomic E-state index is -0.601. The third-order valence-corrected chi connectivity index (χ3v) is 6.64. The number of thiazole rings is 1. The summed E-state index contributed by atoms with van der Waals surface area (Å²) in [5.74, 6) is 0.469. The van der Waals surface area contributed by atoms with Crippen molar-refractivity contribution in [1.82, 2.24) is 14.6 Å². The highest BCUT2D eigenvalue weighted by atomic mass is 32.1. The van der Waals surface area contributed by atoms with Gasteiger partial charge in [-0.05, 0) is 38.7 Å². The van der Waals surface area contributed by atoms with E-state index >= 15 is 0 Å². The molecule has 1 aliphatic carbocycles. The third kappa shape index (κ3) is 2.86. The minimum absolute atomic E-state index is 0.193. The summed E-state index contributed by atoms with van der Waals surface area (Å²) in [5.41, 5.74) is 14.0. The van der Waals surface area contributed by atoms with E-state index in [0.29, 0.717) is 10.5 Å². The largest absolute Gasteiger partial charge is 0.369 e. The molecule has 5 rings (SSSR count). The Morgan fingerprint density at radius 3 is 2.70 bits per heavy atom. The maximum atomic E-state index is 12.9. The first kappa shape index (κ1) is 18.7. The molecule has 1 saturated carbocycles. The molecule has 4 N–H and O–H groups in total. The van der Waals surface area contributed by atoms with Crippen LogP contribution in [-0.2, 0) is 0 Å². The van der Waals surface area contributed by atoms with Crippen LogP contribution in [0.4, 0.5) is 5.69 Å². The van der Waals surface area contributed by atoms with Gasteiger partial charge < -0.3 is 11.5 Å². The monoisotopic (exact) mass is 422 g/mol. The van der Waals surface area contributed by atoms with Crippen molar-refractivity contribution in [1.29, 1.82) is 0 Å². The summed E-state index contributed by atoms with van der Waals surface area (Å²) in [5, 5.41) is 6.54. The lowest BCUT2D eigenvalue weighted by Crippen LogP contribution is -2.58. The van der Waals surface area contributed by atoms with Crippen molar-refractivity contribution in [3.05, 3.63) is 45.7 Å². The van der Waals surface area contributed by atoms with Crippen LogP contribution < -0.4 is 21.9 Å². The number of para-hydroxylation sites is 1. The van der Waals surface area contributed by atoms with E-state index < -0.39 is 5.66 Å². The Balaban J connectivity index is 1.72. The Bertz CT molecular complexity index is 1250. The van der Waals surface area contributed by atoms with Crippen LogP contribution in [-0.4, -0.2) is 32.2 Å². The number of aromatic nitrogens is 3. The Hall–Kier alpha value is -3.27. The molecule has 0 amide bonds. The van der Waals surface area contributed by atoms with Gasteiger partial charge in [0.05, 0.1) is 11.4 Å². The lowest BCUT2D eigenvalue weighted by atomic mass is 9.87. The van der Waals surface area contributed by atoms with Gasteiger partial charge in [-0.2, -0.15) is 15.1 Å². The van der Waals surface area contributed by atoms with E-state index in [1.165, 1.54) is 11.3 Å². The van der Waals surface area contributed by atoms with Gasteiger partial charge in [-0.15, -0.1) is 11.3 Å². The average molecular weight is 423 g/mol. The van der Waals surface area contributed by atoms with Crippen LogP contribution in [0.25, 0.3) is 16.2 Å². The van der Waals surface area contributed by atoms with E-state index in [4.69, 9.17) is 16.5 Å². The molecule has 1 aromatic carbocycles. The number of nitrogens with zero attached hydrogens (tertiary/aromatic N) is 6. The van der Waals surface area contributed by atoms with Crippen molar-refractivity contribution < 1.29 is 0 Å². The Morgan fingerprint density at radius 1 is 1.13 bits per heavy atom. The van der Waals surface area contributed by atoms with E-state index in [2.05, 4.69) is 15.1 Å². The van der Waals surface area contributed by atoms with E-state index in [9.17, 15) is 4.79 Å². The van der Waals surface area contributed by atoms with Crippen molar-refractivity contribution in [2.75, 3.05) is 4.90 Å². The van der Waals surface area contributed by atoms with Crippen molar-refractivity contribution in [3.8, 4) is 11.3 Å². The molecule has 10 heteroatoms. The highest BCUT2D eigenvalue weighted by molar-refractivity contribution is 7.15. The highest BCUT2D eigenvalue weighted by Crippen LogP contribution is 2.42. The molecule has 154 valence electrons. The molecule has 3 heterocycles. The Labute approximate surface area is 176 Å². The molecule has 1 fully saturated rings. The standard InChI is InChI=1S/C20H22N8OS/c1-12-11-30-19-23-16(29)15(26-28(12)19)13-7-3-4-8-14(13)27-18(22)24-17(21)25-20(27)9-5-2-6-10-20/h3-4,7-8,11H,2,5-6,9-10H2,1H3,(H4,21,22,24,25). The van der Waals surface area contributed by atoms with Crippen molar-refractivity contribution >= 4 is 33.9 Å². The average Bonchev–Trinajstić information content (AvgIpc) is 3.07. The molecule has 30 heavy (non-hydrogen) atoms. The number of rotatable bonds is 2. The number of guanidine groups is 2. The van der Waals surface area contributed by atoms with Gasteiger partial charge in [0.2, 0.25) is 16.9 Å². The quantitative estimate of drug-likeness (QED) is 0.652. The minimum Gasteiger partial charge on any atom is -0.369 e. The fraction of sp³-hybridized carbons (Fsp3) is 0.350. The van der Waals surface area contributed by atoms with Gasteiger partial charge in [0.1, 0.15) is 5.66 Å². The highest BCUT2D eigenvalue weighted by Gasteiger charge is 2.43. The lowest BCUT2D eigenvalue weighted by molar-refractivity contribution is 0.305. The van der Waals surface area contributed by atoms with E-state index in [0.717, 1.165) is 43.5 Å². The fourth-order valence-electron chi connectivity index (χ4n) is 4.37. The molecule has 2 aliphatic rings. The maximum absolute atomic E-state index is 12.9. The first-order valence-corrected chi connectivity index (χ1v) is 10.8. The van der Waals surface area contributed by atoms with Crippen molar-refractivity contribution in [2.45, 2.75) is 44.7 Å². The summed E-state index contributed by atoms with van der Waals surface area (Å²) in [4.78, 5) is 28.6. The third-order valence-electron chi connectivity index (χ3n) is 5.70. The Kier molecular flexibility index (Phi) is 4.31. The van der Waals surface area contributed by atoms with Gasteiger partial charge in [-0.1, -0.05) is 24.6 Å². The van der Waals surface area contributed by atoms with Gasteiger partial charge in [-0.3, -0.25) is 9.69 Å². The smallest absolute Gasteiger partial charge is 0.300 e. The predicted octanol–water partition coefficient (Wildman–Crippen LogP) is 2.24. The number of hydrogen-bond donors (Lipinski definition) is 2. The first-order chi connectivity index (χ1) is 14.5. The molecule has 2 aromatic heterocycles. The number of anilines is 1.